The van der Waals surface area contributed by atoms with Crippen LogP contribution in [0, 0.1) is 0 Å². The van der Waals surface area contributed by atoms with Crippen LogP contribution in [0.5, 0.6) is 0 Å². The summed E-state index contributed by atoms with van der Waals surface area (Å²) in [5, 5.41) is 4.42. The fourth-order valence-corrected chi connectivity index (χ4v) is 4.92. The first kappa shape index (κ1) is 20.1. The van der Waals surface area contributed by atoms with Crippen LogP contribution in [0.25, 0.3) is 10.8 Å². The summed E-state index contributed by atoms with van der Waals surface area (Å²) < 4.78 is 5.26. The highest BCUT2D eigenvalue weighted by molar-refractivity contribution is 6.29. The maximum absolute atomic E-state index is 13.1. The summed E-state index contributed by atoms with van der Waals surface area (Å²) in [6.07, 6.45) is 0.618. The van der Waals surface area contributed by atoms with Gasteiger partial charge in [0.1, 0.15) is 5.54 Å². The predicted octanol–water partition coefficient (Wildman–Crippen LogP) is 3.15. The van der Waals surface area contributed by atoms with Gasteiger partial charge >= 0.3 is 5.97 Å². The van der Waals surface area contributed by atoms with Gasteiger partial charge < -0.3 is 10.1 Å². The minimum atomic E-state index is -1.15. The zero-order valence-electron chi connectivity index (χ0n) is 17.8. The van der Waals surface area contributed by atoms with Gasteiger partial charge in [-0.05, 0) is 41.0 Å². The van der Waals surface area contributed by atoms with Gasteiger partial charge in [0.2, 0.25) is 5.91 Å². The van der Waals surface area contributed by atoms with E-state index in [0.29, 0.717) is 35.1 Å². The highest BCUT2D eigenvalue weighted by Crippen LogP contribution is 2.37. The lowest BCUT2D eigenvalue weighted by molar-refractivity contribution is -0.152. The van der Waals surface area contributed by atoms with Gasteiger partial charge in [-0.15, -0.1) is 0 Å². The fraction of sp³-hybridized carbons (Fsp3) is 0.231. The third kappa shape index (κ3) is 2.94. The molecule has 1 amide bonds. The Morgan fingerprint density at radius 2 is 1.38 bits per heavy atom. The topological polar surface area (TPSA) is 89.5 Å². The molecule has 6 heteroatoms. The van der Waals surface area contributed by atoms with Crippen LogP contribution in [-0.2, 0) is 27.2 Å². The lowest BCUT2D eigenvalue weighted by Crippen LogP contribution is -2.55. The van der Waals surface area contributed by atoms with E-state index >= 15 is 0 Å². The second kappa shape index (κ2) is 7.12. The molecule has 6 nitrogen and oxygen atoms in total. The van der Waals surface area contributed by atoms with Crippen molar-refractivity contribution in [3.8, 4) is 0 Å². The average Bonchev–Trinajstić information content (AvgIpc) is 3.12. The monoisotopic (exact) mass is 427 g/mol. The molecule has 0 heterocycles. The van der Waals surface area contributed by atoms with Gasteiger partial charge in [-0.25, -0.2) is 4.79 Å². The Morgan fingerprint density at radius 1 is 0.875 bits per heavy atom. The number of carbonyl (C=O) groups is 4. The fourth-order valence-electron chi connectivity index (χ4n) is 4.92. The van der Waals surface area contributed by atoms with Gasteiger partial charge in [-0.2, -0.15) is 0 Å². The Labute approximate surface area is 184 Å². The first-order valence-electron chi connectivity index (χ1n) is 10.6. The highest BCUT2D eigenvalue weighted by Gasteiger charge is 2.46. The molecule has 160 valence electrons. The Bertz CT molecular complexity index is 1270. The quantitative estimate of drug-likeness (QED) is 0.508. The molecule has 0 aliphatic heterocycles. The number of rotatable bonds is 3. The standard InChI is InChI=1S/C26H21NO5/c1-3-32-25(31)26(27-14(2)28)12-17-8-15-10-21-22(11-16(15)9-18(17)13-26)24(30)20-7-5-4-6-19(20)23(21)29/h4-11H,3,12-13H2,1-2H3,(H,27,28). The molecule has 0 radical (unpaired) electrons. The third-order valence-electron chi connectivity index (χ3n) is 6.27. The number of benzene rings is 3. The number of hydrogen-bond donors (Lipinski definition) is 1. The van der Waals surface area contributed by atoms with Crippen molar-refractivity contribution < 1.29 is 23.9 Å². The number of ether oxygens (including phenoxy) is 1. The number of hydrogen-bond acceptors (Lipinski definition) is 5. The van der Waals surface area contributed by atoms with E-state index in [2.05, 4.69) is 5.32 Å². The van der Waals surface area contributed by atoms with Crippen molar-refractivity contribution in [3.63, 3.8) is 0 Å². The number of esters is 1. The lowest BCUT2D eigenvalue weighted by Gasteiger charge is -2.27. The molecule has 0 unspecified atom stereocenters. The van der Waals surface area contributed by atoms with Gasteiger partial charge in [0, 0.05) is 42.0 Å². The molecule has 1 N–H and O–H groups in total. The van der Waals surface area contributed by atoms with E-state index in [-0.39, 0.29) is 24.1 Å². The van der Waals surface area contributed by atoms with Crippen LogP contribution in [0.3, 0.4) is 0 Å². The molecule has 32 heavy (non-hydrogen) atoms. The Hall–Kier alpha value is -3.80. The summed E-state index contributed by atoms with van der Waals surface area (Å²) in [5.74, 6) is -1.11. The first-order chi connectivity index (χ1) is 15.3. The van der Waals surface area contributed by atoms with E-state index < -0.39 is 11.5 Å². The molecule has 0 aromatic heterocycles. The summed E-state index contributed by atoms with van der Waals surface area (Å²) in [5.41, 5.74) is 2.28. The SMILES string of the molecule is CCOC(=O)C1(NC(C)=O)Cc2cc3cc4c(cc3cc2C1)C(=O)c1ccccc1C4=O. The number of ketones is 2. The van der Waals surface area contributed by atoms with Crippen LogP contribution < -0.4 is 5.32 Å². The molecular formula is C26H21NO5. The summed E-state index contributed by atoms with van der Waals surface area (Å²) in [7, 11) is 0. The van der Waals surface area contributed by atoms with E-state index in [9.17, 15) is 19.2 Å². The summed E-state index contributed by atoms with van der Waals surface area (Å²) in [6, 6.07) is 14.2. The molecule has 0 fully saturated rings. The molecule has 2 aliphatic carbocycles. The molecule has 0 saturated carbocycles. The van der Waals surface area contributed by atoms with Gasteiger partial charge in [-0.1, -0.05) is 36.4 Å². The van der Waals surface area contributed by atoms with Crippen molar-refractivity contribution in [2.45, 2.75) is 32.2 Å². The maximum atomic E-state index is 13.1. The minimum Gasteiger partial charge on any atom is -0.464 e. The van der Waals surface area contributed by atoms with Gasteiger partial charge in [-0.3, -0.25) is 14.4 Å². The third-order valence-corrected chi connectivity index (χ3v) is 6.27. The molecule has 0 atom stereocenters. The number of amides is 1. The van der Waals surface area contributed by atoms with E-state index in [0.717, 1.165) is 21.9 Å². The predicted molar refractivity (Wildman–Crippen MR) is 118 cm³/mol. The van der Waals surface area contributed by atoms with Crippen molar-refractivity contribution in [3.05, 3.63) is 81.9 Å². The van der Waals surface area contributed by atoms with Crippen molar-refractivity contribution >= 4 is 34.2 Å². The summed E-state index contributed by atoms with van der Waals surface area (Å²) >= 11 is 0. The summed E-state index contributed by atoms with van der Waals surface area (Å²) in [4.78, 5) is 50.7. The Morgan fingerprint density at radius 3 is 1.81 bits per heavy atom. The highest BCUT2D eigenvalue weighted by atomic mass is 16.5. The minimum absolute atomic E-state index is 0.170. The van der Waals surface area contributed by atoms with E-state index in [4.69, 9.17) is 4.74 Å². The van der Waals surface area contributed by atoms with Crippen LogP contribution >= 0.6 is 0 Å². The maximum Gasteiger partial charge on any atom is 0.332 e. The molecule has 5 rings (SSSR count). The van der Waals surface area contributed by atoms with Crippen molar-refractivity contribution in [1.82, 2.24) is 5.32 Å². The second-order valence-electron chi connectivity index (χ2n) is 8.41. The number of carbonyl (C=O) groups excluding carboxylic acids is 4. The lowest BCUT2D eigenvalue weighted by atomic mass is 9.82. The average molecular weight is 427 g/mol. The molecular weight excluding hydrogens is 406 g/mol. The van der Waals surface area contributed by atoms with Gasteiger partial charge in [0.25, 0.3) is 0 Å². The van der Waals surface area contributed by atoms with Crippen LogP contribution in [0.2, 0.25) is 0 Å². The largest absolute Gasteiger partial charge is 0.464 e. The number of fused-ring (bicyclic) bond motifs is 4. The van der Waals surface area contributed by atoms with E-state index in [1.807, 2.05) is 12.1 Å². The Balaban J connectivity index is 1.62. The van der Waals surface area contributed by atoms with Crippen LogP contribution in [0.4, 0.5) is 0 Å². The zero-order chi connectivity index (χ0) is 22.6. The van der Waals surface area contributed by atoms with Crippen LogP contribution in [-0.4, -0.2) is 35.6 Å². The Kier molecular flexibility index (Phi) is 4.48. The summed E-state index contributed by atoms with van der Waals surface area (Å²) in [6.45, 7) is 3.33. The molecule has 3 aromatic carbocycles. The smallest absolute Gasteiger partial charge is 0.332 e. The normalized spacial score (nSPS) is 15.7. The molecule has 2 aliphatic rings. The molecule has 0 bridgehead atoms. The van der Waals surface area contributed by atoms with Gasteiger partial charge in [0.15, 0.2) is 11.6 Å². The van der Waals surface area contributed by atoms with Crippen LogP contribution in [0.1, 0.15) is 56.8 Å². The first-order valence-corrected chi connectivity index (χ1v) is 10.6. The molecule has 3 aromatic rings. The van der Waals surface area contributed by atoms with Crippen LogP contribution in [0.15, 0.2) is 48.5 Å². The van der Waals surface area contributed by atoms with E-state index in [1.54, 1.807) is 43.3 Å². The number of nitrogens with one attached hydrogen (secondary N) is 1. The molecule has 0 spiro atoms. The van der Waals surface area contributed by atoms with Crippen molar-refractivity contribution in [1.29, 1.82) is 0 Å². The van der Waals surface area contributed by atoms with E-state index in [1.165, 1.54) is 6.92 Å². The van der Waals surface area contributed by atoms with Crippen molar-refractivity contribution in [2.24, 2.45) is 0 Å². The van der Waals surface area contributed by atoms with Crippen molar-refractivity contribution in [2.75, 3.05) is 6.61 Å². The molecule has 0 saturated heterocycles. The van der Waals surface area contributed by atoms with Gasteiger partial charge in [0.05, 0.1) is 6.61 Å². The zero-order valence-corrected chi connectivity index (χ0v) is 17.8. The second-order valence-corrected chi connectivity index (χ2v) is 8.41.